The zero-order valence-electron chi connectivity index (χ0n) is 42.5. The molecule has 1 unspecified atom stereocenters. The van der Waals surface area contributed by atoms with Crippen LogP contribution in [-0.2, 0) is 17.9 Å². The van der Waals surface area contributed by atoms with Gasteiger partial charge < -0.3 is 15.5 Å². The fourth-order valence-corrected chi connectivity index (χ4v) is 12.2. The number of ketones is 1. The van der Waals surface area contributed by atoms with Gasteiger partial charge in [0.15, 0.2) is 5.78 Å². The lowest BCUT2D eigenvalue weighted by molar-refractivity contribution is -0.119. The van der Waals surface area contributed by atoms with E-state index in [1.54, 1.807) is 29.4 Å². The summed E-state index contributed by atoms with van der Waals surface area (Å²) in [5.41, 5.74) is 12.7. The molecule has 2 aliphatic heterocycles. The predicted octanol–water partition coefficient (Wildman–Crippen LogP) is 11.5. The molecule has 0 amide bonds. The van der Waals surface area contributed by atoms with Gasteiger partial charge in [-0.15, -0.1) is 0 Å². The molecule has 0 saturated heterocycles. The van der Waals surface area contributed by atoms with Gasteiger partial charge in [-0.05, 0) is 100 Å². The lowest BCUT2D eigenvalue weighted by Gasteiger charge is -2.34. The number of aromatic nitrogens is 6. The molecule has 8 aromatic rings. The molecule has 2 fully saturated rings. The second-order valence-electron chi connectivity index (χ2n) is 21.1. The van der Waals surface area contributed by atoms with Gasteiger partial charge in [0.05, 0.1) is 29.1 Å². The van der Waals surface area contributed by atoms with Crippen LogP contribution < -0.4 is 26.7 Å². The number of carbonyl (C=O) groups is 1. The number of carbonyl (C=O) groups excluding carboxylic acids is 1. The summed E-state index contributed by atoms with van der Waals surface area (Å²) in [6.07, 6.45) is 23.0. The fraction of sp³-hybridized carbons (Fsp3) is 0.371. The second kappa shape index (κ2) is 22.4. The Balaban J connectivity index is 0.000000159. The second-order valence-corrected chi connectivity index (χ2v) is 21.1. The molecule has 1 atom stereocenters. The Morgan fingerprint density at radius 3 is 1.49 bits per heavy atom. The van der Waals surface area contributed by atoms with Gasteiger partial charge in [0.1, 0.15) is 0 Å². The van der Waals surface area contributed by atoms with Crippen molar-refractivity contribution in [2.24, 2.45) is 17.6 Å². The van der Waals surface area contributed by atoms with E-state index in [0.717, 1.165) is 107 Å². The summed E-state index contributed by atoms with van der Waals surface area (Å²) in [6.45, 7) is 3.92. The van der Waals surface area contributed by atoms with Crippen LogP contribution in [0.4, 0.5) is 11.9 Å². The summed E-state index contributed by atoms with van der Waals surface area (Å²) in [4.78, 5) is 64.2. The normalized spacial score (nSPS) is 16.6. The van der Waals surface area contributed by atoms with Gasteiger partial charge in [0, 0.05) is 81.1 Å². The quantitative estimate of drug-likeness (QED) is 0.126. The summed E-state index contributed by atoms with van der Waals surface area (Å²) in [5, 5.41) is 4.47. The molecular weight excluding hydrogens is 919 g/mol. The van der Waals surface area contributed by atoms with E-state index < -0.39 is 0 Å². The molecule has 2 N–H and O–H groups in total. The third-order valence-corrected chi connectivity index (χ3v) is 15.9. The van der Waals surface area contributed by atoms with Crippen molar-refractivity contribution in [1.82, 2.24) is 29.1 Å². The van der Waals surface area contributed by atoms with Gasteiger partial charge >= 0.3 is 0 Å². The van der Waals surface area contributed by atoms with Crippen molar-refractivity contribution < 1.29 is 4.79 Å². The van der Waals surface area contributed by atoms with Crippen molar-refractivity contribution >= 4 is 39.2 Å². The van der Waals surface area contributed by atoms with Crippen molar-refractivity contribution in [2.45, 2.75) is 109 Å². The van der Waals surface area contributed by atoms with Gasteiger partial charge in [0.2, 0.25) is 11.9 Å². The summed E-state index contributed by atoms with van der Waals surface area (Å²) < 4.78 is 3.64. The van der Waals surface area contributed by atoms with Crippen LogP contribution in [0.2, 0.25) is 0 Å². The summed E-state index contributed by atoms with van der Waals surface area (Å²) in [7, 11) is 0. The highest BCUT2D eigenvalue weighted by Crippen LogP contribution is 2.36. The summed E-state index contributed by atoms with van der Waals surface area (Å²) >= 11 is 0. The average molecular weight is 986 g/mol. The first-order valence-corrected chi connectivity index (χ1v) is 27.2. The van der Waals surface area contributed by atoms with E-state index in [0.29, 0.717) is 60.4 Å². The minimum Gasteiger partial charge on any atom is -0.341 e. The average Bonchev–Trinajstić information content (AvgIpc) is 3.44. The smallest absolute Gasteiger partial charge is 0.263 e. The SMILES string of the molecule is NC(CC1CCCCC1)CN1CCCn2c1nc(-c1ccncc1)c(-c1ccc3ccccc3c1)c2=O.O=C(CC1CCCCC1)CN1CCCn2c1nc(-c1ccncc1)c(-c1ccc3ccccc3c1)c2=O. The first-order valence-electron chi connectivity index (χ1n) is 27.2. The van der Waals surface area contributed by atoms with E-state index in [-0.39, 0.29) is 22.9 Å². The maximum Gasteiger partial charge on any atom is 0.263 e. The molecule has 4 aromatic heterocycles. The van der Waals surface area contributed by atoms with Gasteiger partial charge in [-0.3, -0.25) is 33.5 Å². The lowest BCUT2D eigenvalue weighted by Crippen LogP contribution is -2.45. The number of nitrogens with two attached hydrogens (primary N) is 1. The molecule has 2 saturated carbocycles. The highest BCUT2D eigenvalue weighted by Gasteiger charge is 2.30. The van der Waals surface area contributed by atoms with Crippen LogP contribution in [0.15, 0.2) is 144 Å². The predicted molar refractivity (Wildman–Crippen MR) is 298 cm³/mol. The largest absolute Gasteiger partial charge is 0.341 e. The first kappa shape index (κ1) is 48.9. The highest BCUT2D eigenvalue weighted by atomic mass is 16.1. The number of fused-ring (bicyclic) bond motifs is 4. The Morgan fingerprint density at radius 1 is 0.514 bits per heavy atom. The van der Waals surface area contributed by atoms with E-state index in [1.165, 1.54) is 51.4 Å². The number of hydrogen-bond donors (Lipinski definition) is 1. The van der Waals surface area contributed by atoms with E-state index >= 15 is 0 Å². The number of anilines is 2. The molecule has 4 aliphatic rings. The maximum absolute atomic E-state index is 14.1. The number of pyridine rings is 2. The zero-order chi connectivity index (χ0) is 50.4. The molecule has 0 radical (unpaired) electrons. The van der Waals surface area contributed by atoms with Crippen molar-refractivity contribution in [3.8, 4) is 44.8 Å². The van der Waals surface area contributed by atoms with E-state index in [1.807, 2.05) is 70.1 Å². The van der Waals surface area contributed by atoms with Crippen LogP contribution in [0.3, 0.4) is 0 Å². The Bertz CT molecular complexity index is 3380. The van der Waals surface area contributed by atoms with Crippen LogP contribution in [-0.4, -0.2) is 67.1 Å². The van der Waals surface area contributed by atoms with Crippen molar-refractivity contribution in [3.63, 3.8) is 0 Å². The van der Waals surface area contributed by atoms with Gasteiger partial charge in [-0.25, -0.2) is 9.97 Å². The lowest BCUT2D eigenvalue weighted by atomic mass is 9.85. The molecule has 12 rings (SSSR count). The summed E-state index contributed by atoms with van der Waals surface area (Å²) in [5.74, 6) is 2.82. The standard InChI is InChI=1S/C31H35N5O.C31H32N4O2/c32-27(19-22-7-2-1-3-8-22)21-35-17-6-18-36-30(37)28(26-12-11-23-9-4-5-10-25(23)20-26)29(34-31(35)36)24-13-15-33-16-14-24;36-27(19-22-7-2-1-3-8-22)21-34-17-6-18-35-30(37)28(26-12-11-23-9-4-5-10-25(23)20-26)29(33-31(34)35)24-13-15-32-16-14-24/h4-5,9-16,20,22,27H,1-3,6-8,17-19,21,32H2;4-5,9-16,20,22H,1-3,6-8,17-19,21H2. The molecule has 74 heavy (non-hydrogen) atoms. The Hall–Kier alpha value is -7.31. The Kier molecular flexibility index (Phi) is 14.8. The molecule has 4 aromatic carbocycles. The molecule has 6 heterocycles. The van der Waals surface area contributed by atoms with Crippen LogP contribution in [0.1, 0.15) is 89.9 Å². The fourth-order valence-electron chi connectivity index (χ4n) is 12.2. The number of rotatable bonds is 12. The van der Waals surface area contributed by atoms with E-state index in [9.17, 15) is 14.4 Å². The van der Waals surface area contributed by atoms with Gasteiger partial charge in [-0.2, -0.15) is 0 Å². The third kappa shape index (κ3) is 10.7. The molecule has 378 valence electrons. The first-order chi connectivity index (χ1) is 36.3. The zero-order valence-corrected chi connectivity index (χ0v) is 42.5. The van der Waals surface area contributed by atoms with Crippen molar-refractivity contribution in [2.75, 3.05) is 36.0 Å². The van der Waals surface area contributed by atoms with Crippen molar-refractivity contribution in [1.29, 1.82) is 0 Å². The van der Waals surface area contributed by atoms with Crippen molar-refractivity contribution in [3.05, 3.63) is 155 Å². The van der Waals surface area contributed by atoms with E-state index in [2.05, 4.69) is 63.4 Å². The minimum absolute atomic E-state index is 0.0117. The highest BCUT2D eigenvalue weighted by molar-refractivity contribution is 5.92. The van der Waals surface area contributed by atoms with Crippen LogP contribution >= 0.6 is 0 Å². The third-order valence-electron chi connectivity index (χ3n) is 15.9. The minimum atomic E-state index is -0.0588. The number of hydrogen-bond acceptors (Lipinski definition) is 10. The number of nitrogens with zero attached hydrogens (tertiary/aromatic N) is 8. The van der Waals surface area contributed by atoms with Gasteiger partial charge in [0.25, 0.3) is 11.1 Å². The molecule has 12 heteroatoms. The van der Waals surface area contributed by atoms with Crippen LogP contribution in [0, 0.1) is 11.8 Å². The molecule has 0 bridgehead atoms. The topological polar surface area (TPSA) is 145 Å². The van der Waals surface area contributed by atoms with Crippen LogP contribution in [0.5, 0.6) is 0 Å². The molecule has 0 spiro atoms. The monoisotopic (exact) mass is 986 g/mol. The Labute approximate surface area is 433 Å². The van der Waals surface area contributed by atoms with Gasteiger partial charge in [-0.1, -0.05) is 137 Å². The molecular formula is C62H67N9O3. The summed E-state index contributed by atoms with van der Waals surface area (Å²) in [6, 6.07) is 36.5. The maximum atomic E-state index is 14.1. The molecule has 2 aliphatic carbocycles. The van der Waals surface area contributed by atoms with Crippen LogP contribution in [0.25, 0.3) is 66.3 Å². The number of benzene rings is 4. The Morgan fingerprint density at radius 2 is 0.973 bits per heavy atom. The molecule has 12 nitrogen and oxygen atoms in total. The van der Waals surface area contributed by atoms with E-state index in [4.69, 9.17) is 15.7 Å². The number of Topliss-reactive ketones (excluding diaryl/α,β-unsaturated/α-hetero) is 1.